The Bertz CT molecular complexity index is 1160. The molecule has 3 unspecified atom stereocenters. The van der Waals surface area contributed by atoms with Gasteiger partial charge in [0.2, 0.25) is 0 Å². The fourth-order valence-electron chi connectivity index (χ4n) is 8.08. The average Bonchev–Trinajstić information content (AvgIpc) is 3.11. The summed E-state index contributed by atoms with van der Waals surface area (Å²) in [7, 11) is 4.14. The molecule has 5 atom stereocenters. The lowest BCUT2D eigenvalue weighted by atomic mass is 9.48. The predicted octanol–water partition coefficient (Wildman–Crippen LogP) is 6.25. The van der Waals surface area contributed by atoms with E-state index in [4.69, 9.17) is 0 Å². The van der Waals surface area contributed by atoms with Gasteiger partial charge in [-0.1, -0.05) is 30.6 Å². The van der Waals surface area contributed by atoms with Gasteiger partial charge in [-0.05, 0) is 105 Å². The van der Waals surface area contributed by atoms with Gasteiger partial charge in [-0.3, -0.25) is 9.59 Å². The Morgan fingerprint density at radius 3 is 2.47 bits per heavy atom. The van der Waals surface area contributed by atoms with E-state index in [0.717, 1.165) is 38.5 Å². The molecule has 0 N–H and O–H groups in total. The number of carbonyl (C=O) groups excluding carboxylic acids is 2. The topological polar surface area (TPSA) is 37.4 Å². The maximum atomic E-state index is 13.2. The third-order valence-corrected chi connectivity index (χ3v) is 9.68. The molecule has 3 heteroatoms. The number of anilines is 1. The average molecular weight is 456 g/mol. The minimum absolute atomic E-state index is 0.146. The molecule has 1 aromatic carbocycles. The highest BCUT2D eigenvalue weighted by atomic mass is 16.1. The van der Waals surface area contributed by atoms with Crippen molar-refractivity contribution in [1.82, 2.24) is 0 Å². The van der Waals surface area contributed by atoms with Crippen molar-refractivity contribution in [3.63, 3.8) is 0 Å². The van der Waals surface area contributed by atoms with E-state index < -0.39 is 5.41 Å². The van der Waals surface area contributed by atoms with E-state index in [1.807, 2.05) is 13.0 Å². The molecule has 0 spiro atoms. The van der Waals surface area contributed by atoms with Gasteiger partial charge in [0.1, 0.15) is 5.78 Å². The van der Waals surface area contributed by atoms with Crippen LogP contribution in [-0.4, -0.2) is 25.7 Å². The molecular weight excluding hydrogens is 418 g/mol. The zero-order valence-electron chi connectivity index (χ0n) is 21.3. The Morgan fingerprint density at radius 2 is 1.82 bits per heavy atom. The third kappa shape index (κ3) is 3.25. The summed E-state index contributed by atoms with van der Waals surface area (Å²) < 4.78 is 0. The van der Waals surface area contributed by atoms with Crippen LogP contribution in [0.3, 0.4) is 0 Å². The van der Waals surface area contributed by atoms with Crippen LogP contribution in [0.5, 0.6) is 0 Å². The molecule has 3 nitrogen and oxygen atoms in total. The van der Waals surface area contributed by atoms with Crippen molar-refractivity contribution in [2.24, 2.45) is 22.7 Å². The number of nitrogens with zero attached hydrogens (tertiary/aromatic N) is 1. The molecule has 34 heavy (non-hydrogen) atoms. The van der Waals surface area contributed by atoms with E-state index in [9.17, 15) is 9.59 Å². The summed E-state index contributed by atoms with van der Waals surface area (Å²) in [5, 5.41) is 0. The Morgan fingerprint density at radius 1 is 1.09 bits per heavy atom. The van der Waals surface area contributed by atoms with Gasteiger partial charge < -0.3 is 4.90 Å². The van der Waals surface area contributed by atoms with Crippen LogP contribution in [0.4, 0.5) is 5.69 Å². The van der Waals surface area contributed by atoms with Gasteiger partial charge in [0.15, 0.2) is 5.78 Å². The van der Waals surface area contributed by atoms with Crippen LogP contribution in [-0.2, 0) is 9.59 Å². The van der Waals surface area contributed by atoms with Crippen LogP contribution in [0.1, 0.15) is 77.2 Å². The Labute approximate surface area is 204 Å². The van der Waals surface area contributed by atoms with E-state index in [2.05, 4.69) is 62.0 Å². The molecule has 178 valence electrons. The monoisotopic (exact) mass is 455 g/mol. The molecule has 4 aliphatic carbocycles. The van der Waals surface area contributed by atoms with Gasteiger partial charge in [-0.15, -0.1) is 5.92 Å². The van der Waals surface area contributed by atoms with Gasteiger partial charge in [0, 0.05) is 32.1 Å². The van der Waals surface area contributed by atoms with Crippen molar-refractivity contribution in [3.05, 3.63) is 52.6 Å². The van der Waals surface area contributed by atoms with Crippen molar-refractivity contribution in [2.75, 3.05) is 19.0 Å². The molecule has 4 aliphatic rings. The number of allylic oxidation sites excluding steroid dienone is 4. The van der Waals surface area contributed by atoms with Crippen molar-refractivity contribution in [3.8, 4) is 11.8 Å². The quantitative estimate of drug-likeness (QED) is 0.506. The zero-order chi connectivity index (χ0) is 24.3. The van der Waals surface area contributed by atoms with E-state index in [1.165, 1.54) is 22.4 Å². The zero-order valence-corrected chi connectivity index (χ0v) is 21.3. The summed E-state index contributed by atoms with van der Waals surface area (Å²) in [5.74, 6) is 8.35. The second-order valence-electron chi connectivity index (χ2n) is 11.4. The third-order valence-electron chi connectivity index (χ3n) is 9.68. The first-order chi connectivity index (χ1) is 16.2. The fraction of sp³-hybridized carbons (Fsp3) is 0.548. The van der Waals surface area contributed by atoms with Crippen LogP contribution in [0.25, 0.3) is 0 Å². The van der Waals surface area contributed by atoms with Gasteiger partial charge in [0.25, 0.3) is 0 Å². The molecule has 1 aromatic rings. The number of hydrogen-bond donors (Lipinski definition) is 0. The molecule has 0 saturated heterocycles. The molecule has 0 amide bonds. The van der Waals surface area contributed by atoms with Gasteiger partial charge in [0.05, 0.1) is 5.41 Å². The number of carbonyl (C=O) groups is 2. The fourth-order valence-corrected chi connectivity index (χ4v) is 8.08. The van der Waals surface area contributed by atoms with Gasteiger partial charge >= 0.3 is 0 Å². The Kier molecular flexibility index (Phi) is 5.63. The van der Waals surface area contributed by atoms with E-state index in [1.54, 1.807) is 12.5 Å². The molecule has 0 radical (unpaired) electrons. The largest absolute Gasteiger partial charge is 0.378 e. The SMILES string of the molecule is CC#C[C@]1(C(C)=O)CCC2C3CCC4=CC(=O)CCC4=C3[C@@H](c3ccc(N(C)C)cc3)CC21C. The molecule has 0 heterocycles. The first-order valence-electron chi connectivity index (χ1n) is 12.9. The highest BCUT2D eigenvalue weighted by Gasteiger charge is 2.64. The summed E-state index contributed by atoms with van der Waals surface area (Å²) >= 11 is 0. The second-order valence-corrected chi connectivity index (χ2v) is 11.4. The number of rotatable bonds is 3. The van der Waals surface area contributed by atoms with Gasteiger partial charge in [-0.2, -0.15) is 0 Å². The van der Waals surface area contributed by atoms with Crippen LogP contribution >= 0.6 is 0 Å². The number of Topliss-reactive ketones (excluding diaryl/α,β-unsaturated/α-hetero) is 1. The van der Waals surface area contributed by atoms with Crippen LogP contribution in [0, 0.1) is 34.5 Å². The lowest BCUT2D eigenvalue weighted by Gasteiger charge is -2.54. The smallest absolute Gasteiger partial charge is 0.156 e. The first kappa shape index (κ1) is 23.2. The summed E-state index contributed by atoms with van der Waals surface area (Å²) in [5.41, 5.74) is 6.16. The lowest BCUT2D eigenvalue weighted by molar-refractivity contribution is -0.130. The van der Waals surface area contributed by atoms with Crippen molar-refractivity contribution in [1.29, 1.82) is 0 Å². The molecular formula is C31H37NO2. The minimum Gasteiger partial charge on any atom is -0.378 e. The maximum absolute atomic E-state index is 13.2. The van der Waals surface area contributed by atoms with Gasteiger partial charge in [-0.25, -0.2) is 0 Å². The number of fused-ring (bicyclic) bond motifs is 4. The maximum Gasteiger partial charge on any atom is 0.156 e. The molecule has 2 fully saturated rings. The van der Waals surface area contributed by atoms with E-state index in [0.29, 0.717) is 18.3 Å². The normalized spacial score (nSPS) is 34.3. The van der Waals surface area contributed by atoms with E-state index >= 15 is 0 Å². The Balaban J connectivity index is 1.70. The summed E-state index contributed by atoms with van der Waals surface area (Å²) in [6.45, 7) is 6.02. The predicted molar refractivity (Wildman–Crippen MR) is 138 cm³/mol. The van der Waals surface area contributed by atoms with Crippen LogP contribution in [0.2, 0.25) is 0 Å². The Hall–Kier alpha value is -2.60. The molecule has 2 saturated carbocycles. The second kappa shape index (κ2) is 8.26. The van der Waals surface area contributed by atoms with Crippen LogP contribution in [0.15, 0.2) is 47.1 Å². The van der Waals surface area contributed by atoms with Crippen molar-refractivity contribution >= 4 is 17.3 Å². The van der Waals surface area contributed by atoms with E-state index in [-0.39, 0.29) is 22.9 Å². The minimum atomic E-state index is -0.552. The molecule has 5 rings (SSSR count). The lowest BCUT2D eigenvalue weighted by Crippen LogP contribution is -2.50. The number of benzene rings is 1. The highest BCUT2D eigenvalue weighted by Crippen LogP contribution is 2.69. The first-order valence-corrected chi connectivity index (χ1v) is 12.9. The summed E-state index contributed by atoms with van der Waals surface area (Å²) in [6.07, 6.45) is 8.38. The number of ketones is 2. The summed E-state index contributed by atoms with van der Waals surface area (Å²) in [4.78, 5) is 27.6. The molecule has 0 aliphatic heterocycles. The van der Waals surface area contributed by atoms with Crippen molar-refractivity contribution in [2.45, 2.75) is 71.6 Å². The highest BCUT2D eigenvalue weighted by molar-refractivity contribution is 5.93. The van der Waals surface area contributed by atoms with Crippen molar-refractivity contribution < 1.29 is 9.59 Å². The molecule has 0 aromatic heterocycles. The molecule has 0 bridgehead atoms. The summed E-state index contributed by atoms with van der Waals surface area (Å²) in [6, 6.07) is 9.01. The van der Waals surface area contributed by atoms with Crippen LogP contribution < -0.4 is 4.90 Å². The number of hydrogen-bond acceptors (Lipinski definition) is 3. The standard InChI is InChI=1S/C31H37NO2/c1-6-16-31(20(2)33)17-15-28-26-13-9-22-18-24(34)12-14-25(22)29(26)27(19-30(28,31)3)21-7-10-23(11-8-21)32(4)5/h7-8,10-11,18,26-28H,9,12-15,17,19H2,1-5H3/t26?,27-,28?,30?,31-/m1/s1.